The number of methoxy groups -OCH3 is 1. The fourth-order valence-electron chi connectivity index (χ4n) is 0.969. The molecule has 0 saturated heterocycles. The molecular formula is C9H10FNO2. The van der Waals surface area contributed by atoms with Crippen LogP contribution in [0.15, 0.2) is 24.3 Å². The summed E-state index contributed by atoms with van der Waals surface area (Å²) in [5, 5.41) is 0. The zero-order chi connectivity index (χ0) is 9.84. The van der Waals surface area contributed by atoms with E-state index in [9.17, 15) is 9.18 Å². The second-order valence-corrected chi connectivity index (χ2v) is 2.54. The Morgan fingerprint density at radius 3 is 2.85 bits per heavy atom. The molecule has 1 aromatic carbocycles. The van der Waals surface area contributed by atoms with E-state index in [2.05, 4.69) is 4.74 Å². The van der Waals surface area contributed by atoms with Gasteiger partial charge >= 0.3 is 0 Å². The summed E-state index contributed by atoms with van der Waals surface area (Å²) in [4.78, 5) is 10.7. The Kier molecular flexibility index (Phi) is 2.97. The predicted molar refractivity (Wildman–Crippen MR) is 45.8 cm³/mol. The summed E-state index contributed by atoms with van der Waals surface area (Å²) in [6.45, 7) is 0. The van der Waals surface area contributed by atoms with Crippen molar-refractivity contribution < 1.29 is 13.9 Å². The normalized spacial score (nSPS) is 12.5. The van der Waals surface area contributed by atoms with Crippen molar-refractivity contribution in [3.05, 3.63) is 35.4 Å². The highest BCUT2D eigenvalue weighted by Gasteiger charge is 2.09. The fraction of sp³-hybridized carbons (Fsp3) is 0.222. The molecule has 1 rings (SSSR count). The number of rotatable bonds is 3. The number of benzene rings is 1. The van der Waals surface area contributed by atoms with Crippen LogP contribution in [0.4, 0.5) is 4.39 Å². The lowest BCUT2D eigenvalue weighted by atomic mass is 10.1. The molecule has 70 valence electrons. The summed E-state index contributed by atoms with van der Waals surface area (Å²) in [6.07, 6.45) is -1.51. The van der Waals surface area contributed by atoms with Crippen LogP contribution >= 0.6 is 0 Å². The van der Waals surface area contributed by atoms with Crippen molar-refractivity contribution in [2.24, 2.45) is 5.73 Å². The number of hydrogen-bond acceptors (Lipinski definition) is 2. The fourth-order valence-corrected chi connectivity index (χ4v) is 0.969. The first-order valence-electron chi connectivity index (χ1n) is 3.72. The van der Waals surface area contributed by atoms with Crippen molar-refractivity contribution >= 4 is 5.91 Å². The molecule has 0 aliphatic rings. The Morgan fingerprint density at radius 1 is 1.62 bits per heavy atom. The van der Waals surface area contributed by atoms with Gasteiger partial charge in [-0.05, 0) is 12.1 Å². The number of carbonyl (C=O) groups is 1. The van der Waals surface area contributed by atoms with Crippen LogP contribution in [-0.2, 0) is 4.74 Å². The van der Waals surface area contributed by atoms with E-state index in [4.69, 9.17) is 5.73 Å². The highest BCUT2D eigenvalue weighted by Crippen LogP contribution is 2.18. The number of carbonyl (C=O) groups excluding carboxylic acids is 1. The van der Waals surface area contributed by atoms with E-state index in [1.807, 2.05) is 0 Å². The Labute approximate surface area is 75.3 Å². The van der Waals surface area contributed by atoms with E-state index in [0.717, 1.165) is 0 Å². The van der Waals surface area contributed by atoms with Gasteiger partial charge in [-0.1, -0.05) is 12.1 Å². The molecule has 4 heteroatoms. The smallest absolute Gasteiger partial charge is 0.248 e. The molecular weight excluding hydrogens is 173 g/mol. The number of primary amides is 1. The molecule has 0 spiro atoms. The van der Waals surface area contributed by atoms with Crippen molar-refractivity contribution in [2.75, 3.05) is 7.11 Å². The average molecular weight is 183 g/mol. The Hall–Kier alpha value is -1.42. The summed E-state index contributed by atoms with van der Waals surface area (Å²) in [5.74, 6) is -0.579. The van der Waals surface area contributed by atoms with Gasteiger partial charge in [-0.3, -0.25) is 4.79 Å². The van der Waals surface area contributed by atoms with Gasteiger partial charge in [0.05, 0.1) is 0 Å². The van der Waals surface area contributed by atoms with E-state index < -0.39 is 12.3 Å². The number of hydrogen-bond donors (Lipinski definition) is 1. The van der Waals surface area contributed by atoms with Gasteiger partial charge < -0.3 is 10.5 Å². The largest absolute Gasteiger partial charge is 0.366 e. The topological polar surface area (TPSA) is 52.3 Å². The number of nitrogens with two attached hydrogens (primary N) is 1. The molecule has 13 heavy (non-hydrogen) atoms. The third kappa shape index (κ3) is 2.26. The lowest BCUT2D eigenvalue weighted by Gasteiger charge is -2.06. The van der Waals surface area contributed by atoms with Crippen LogP contribution in [0.1, 0.15) is 22.3 Å². The second kappa shape index (κ2) is 4.00. The van der Waals surface area contributed by atoms with Crippen molar-refractivity contribution in [2.45, 2.75) is 6.36 Å². The number of amides is 1. The van der Waals surface area contributed by atoms with Crippen molar-refractivity contribution in [3.63, 3.8) is 0 Å². The second-order valence-electron chi connectivity index (χ2n) is 2.54. The molecule has 0 bridgehead atoms. The minimum Gasteiger partial charge on any atom is -0.366 e. The molecule has 1 amide bonds. The minimum absolute atomic E-state index is 0.275. The maximum atomic E-state index is 12.9. The molecule has 0 aliphatic carbocycles. The highest BCUT2D eigenvalue weighted by atomic mass is 19.1. The maximum absolute atomic E-state index is 12.9. The summed E-state index contributed by atoms with van der Waals surface area (Å²) in [7, 11) is 1.25. The standard InChI is InChI=1S/C9H10FNO2/c1-13-8(10)6-3-2-4-7(5-6)9(11)12/h2-5,8H,1H3,(H2,11,12). The van der Waals surface area contributed by atoms with Crippen molar-refractivity contribution in [1.82, 2.24) is 0 Å². The third-order valence-corrected chi connectivity index (χ3v) is 1.64. The van der Waals surface area contributed by atoms with Gasteiger partial charge in [0, 0.05) is 18.2 Å². The van der Waals surface area contributed by atoms with Gasteiger partial charge in [0.25, 0.3) is 0 Å². The first kappa shape index (κ1) is 9.67. The Balaban J connectivity index is 2.98. The highest BCUT2D eigenvalue weighted by molar-refractivity contribution is 5.92. The van der Waals surface area contributed by atoms with Crippen LogP contribution in [0, 0.1) is 0 Å². The van der Waals surface area contributed by atoms with Crippen LogP contribution in [-0.4, -0.2) is 13.0 Å². The van der Waals surface area contributed by atoms with E-state index >= 15 is 0 Å². The monoisotopic (exact) mass is 183 g/mol. The Morgan fingerprint density at radius 2 is 2.31 bits per heavy atom. The summed E-state index contributed by atoms with van der Waals surface area (Å²) >= 11 is 0. The van der Waals surface area contributed by atoms with Crippen molar-refractivity contribution in [1.29, 1.82) is 0 Å². The molecule has 0 fully saturated rings. The van der Waals surface area contributed by atoms with Gasteiger partial charge in [-0.15, -0.1) is 0 Å². The van der Waals surface area contributed by atoms with E-state index in [0.29, 0.717) is 5.56 Å². The SMILES string of the molecule is COC(F)c1cccc(C(N)=O)c1. The molecule has 3 nitrogen and oxygen atoms in total. The van der Waals surface area contributed by atoms with E-state index in [1.165, 1.54) is 25.3 Å². The first-order chi connectivity index (χ1) is 6.15. The molecule has 0 radical (unpaired) electrons. The number of alkyl halides is 1. The van der Waals surface area contributed by atoms with Gasteiger partial charge in [0.15, 0.2) is 0 Å². The van der Waals surface area contributed by atoms with Crippen LogP contribution in [0.2, 0.25) is 0 Å². The molecule has 1 atom stereocenters. The van der Waals surface area contributed by atoms with Gasteiger partial charge in [-0.25, -0.2) is 4.39 Å². The number of ether oxygens (including phenoxy) is 1. The lowest BCUT2D eigenvalue weighted by molar-refractivity contribution is -0.00663. The molecule has 0 heterocycles. The molecule has 1 unspecified atom stereocenters. The molecule has 0 aromatic heterocycles. The molecule has 0 aliphatic heterocycles. The summed E-state index contributed by atoms with van der Waals surface area (Å²) < 4.78 is 17.4. The van der Waals surface area contributed by atoms with Crippen LogP contribution in [0.5, 0.6) is 0 Å². The van der Waals surface area contributed by atoms with Crippen LogP contribution in [0.3, 0.4) is 0 Å². The number of halogens is 1. The van der Waals surface area contributed by atoms with Gasteiger partial charge in [-0.2, -0.15) is 0 Å². The zero-order valence-electron chi connectivity index (χ0n) is 7.16. The molecule has 2 N–H and O–H groups in total. The van der Waals surface area contributed by atoms with Gasteiger partial charge in [0.1, 0.15) is 0 Å². The van der Waals surface area contributed by atoms with Gasteiger partial charge in [0.2, 0.25) is 12.3 Å². The van der Waals surface area contributed by atoms with E-state index in [1.54, 1.807) is 6.07 Å². The Bertz CT molecular complexity index is 314. The van der Waals surface area contributed by atoms with Crippen molar-refractivity contribution in [3.8, 4) is 0 Å². The summed E-state index contributed by atoms with van der Waals surface area (Å²) in [5.41, 5.74) is 5.59. The molecule has 0 saturated carbocycles. The van der Waals surface area contributed by atoms with Crippen LogP contribution < -0.4 is 5.73 Å². The zero-order valence-corrected chi connectivity index (χ0v) is 7.16. The lowest BCUT2D eigenvalue weighted by Crippen LogP contribution is -2.11. The third-order valence-electron chi connectivity index (χ3n) is 1.64. The van der Waals surface area contributed by atoms with E-state index in [-0.39, 0.29) is 5.56 Å². The van der Waals surface area contributed by atoms with Crippen LogP contribution in [0.25, 0.3) is 0 Å². The average Bonchev–Trinajstić information content (AvgIpc) is 2.17. The predicted octanol–water partition coefficient (Wildman–Crippen LogP) is 1.40. The molecule has 1 aromatic rings. The maximum Gasteiger partial charge on any atom is 0.248 e. The minimum atomic E-state index is -1.51. The quantitative estimate of drug-likeness (QED) is 0.770. The summed E-state index contributed by atoms with van der Waals surface area (Å²) in [6, 6.07) is 5.98. The first-order valence-corrected chi connectivity index (χ1v) is 3.72.